The molecule has 32 heavy (non-hydrogen) atoms. The summed E-state index contributed by atoms with van der Waals surface area (Å²) in [5.74, 6) is 0.205. The van der Waals surface area contributed by atoms with Crippen LogP contribution in [0, 0.1) is 0 Å². The molecule has 0 saturated heterocycles. The van der Waals surface area contributed by atoms with Crippen molar-refractivity contribution in [2.75, 3.05) is 0 Å². The summed E-state index contributed by atoms with van der Waals surface area (Å²) in [6.07, 6.45) is 8.02. The van der Waals surface area contributed by atoms with Crippen LogP contribution in [0.4, 0.5) is 0 Å². The summed E-state index contributed by atoms with van der Waals surface area (Å²) in [4.78, 5) is 23.8. The van der Waals surface area contributed by atoms with Gasteiger partial charge in [0, 0.05) is 11.1 Å². The van der Waals surface area contributed by atoms with Crippen LogP contribution in [0.2, 0.25) is 0 Å². The summed E-state index contributed by atoms with van der Waals surface area (Å²) in [6.45, 7) is 12.7. The first kappa shape index (κ1) is 25.1. The highest BCUT2D eigenvalue weighted by Gasteiger charge is 2.12. The molecule has 0 atom stereocenters. The molecule has 0 aliphatic rings. The molecule has 0 aromatic heterocycles. The number of carbonyl (C=O) groups is 2. The topological polar surface area (TPSA) is 52.6 Å². The van der Waals surface area contributed by atoms with Crippen molar-refractivity contribution in [2.24, 2.45) is 0 Å². The van der Waals surface area contributed by atoms with Gasteiger partial charge in [-0.05, 0) is 67.6 Å². The molecule has 0 N–H and O–H groups in total. The molecular formula is C28H34O4. The molecule has 0 aliphatic heterocycles. The van der Waals surface area contributed by atoms with Gasteiger partial charge in [-0.1, -0.05) is 70.4 Å². The minimum absolute atomic E-state index is 0.355. The number of ether oxygens (including phenoxy) is 2. The van der Waals surface area contributed by atoms with Crippen molar-refractivity contribution in [1.29, 1.82) is 0 Å². The third kappa shape index (κ3) is 7.84. The van der Waals surface area contributed by atoms with Crippen LogP contribution in [0.1, 0.15) is 64.9 Å². The van der Waals surface area contributed by atoms with Crippen LogP contribution in [-0.4, -0.2) is 11.9 Å². The zero-order valence-corrected chi connectivity index (χ0v) is 19.5. The van der Waals surface area contributed by atoms with E-state index in [0.29, 0.717) is 22.6 Å². The summed E-state index contributed by atoms with van der Waals surface area (Å²) < 4.78 is 10.8. The molecule has 2 aromatic rings. The Morgan fingerprint density at radius 1 is 0.750 bits per heavy atom. The molecule has 0 heterocycles. The van der Waals surface area contributed by atoms with E-state index in [1.807, 2.05) is 24.3 Å². The second-order valence-electron chi connectivity index (χ2n) is 8.20. The van der Waals surface area contributed by atoms with E-state index in [4.69, 9.17) is 9.47 Å². The van der Waals surface area contributed by atoms with Gasteiger partial charge in [-0.2, -0.15) is 0 Å². The van der Waals surface area contributed by atoms with Crippen LogP contribution in [0.3, 0.4) is 0 Å². The lowest BCUT2D eigenvalue weighted by molar-refractivity contribution is -0.131. The van der Waals surface area contributed by atoms with Crippen molar-refractivity contribution in [3.8, 4) is 22.6 Å². The number of hydrogen-bond donors (Lipinski definition) is 0. The van der Waals surface area contributed by atoms with Crippen LogP contribution in [-0.2, 0) is 16.0 Å². The Balaban J connectivity index is 2.18. The molecule has 2 rings (SSSR count). The fourth-order valence-electron chi connectivity index (χ4n) is 3.25. The molecule has 0 fully saturated rings. The molecule has 0 radical (unpaired) electrons. The molecule has 0 bridgehead atoms. The van der Waals surface area contributed by atoms with E-state index in [1.54, 1.807) is 26.0 Å². The van der Waals surface area contributed by atoms with Gasteiger partial charge in [0.05, 0.1) is 0 Å². The first-order valence-corrected chi connectivity index (χ1v) is 11.3. The maximum atomic E-state index is 12.1. The normalized spacial score (nSPS) is 10.5. The van der Waals surface area contributed by atoms with Crippen molar-refractivity contribution >= 4 is 11.9 Å². The van der Waals surface area contributed by atoms with Gasteiger partial charge >= 0.3 is 11.9 Å². The lowest BCUT2D eigenvalue weighted by Gasteiger charge is -2.13. The van der Waals surface area contributed by atoms with Gasteiger partial charge in [-0.15, -0.1) is 0 Å². The largest absolute Gasteiger partial charge is 0.423 e. The average molecular weight is 435 g/mol. The maximum absolute atomic E-state index is 12.1. The Morgan fingerprint density at radius 3 is 1.94 bits per heavy atom. The van der Waals surface area contributed by atoms with Gasteiger partial charge in [0.25, 0.3) is 0 Å². The smallest absolute Gasteiger partial charge is 0.338 e. The van der Waals surface area contributed by atoms with Gasteiger partial charge < -0.3 is 9.47 Å². The number of aryl methyl sites for hydroxylation is 1. The van der Waals surface area contributed by atoms with Gasteiger partial charge in [0.15, 0.2) is 0 Å². The highest BCUT2D eigenvalue weighted by Crippen LogP contribution is 2.30. The lowest BCUT2D eigenvalue weighted by atomic mass is 9.98. The molecule has 0 aliphatic carbocycles. The van der Waals surface area contributed by atoms with Crippen LogP contribution >= 0.6 is 0 Å². The quantitative estimate of drug-likeness (QED) is 0.153. The minimum Gasteiger partial charge on any atom is -0.423 e. The van der Waals surface area contributed by atoms with Crippen LogP contribution in [0.25, 0.3) is 11.1 Å². The average Bonchev–Trinajstić information content (AvgIpc) is 2.77. The summed E-state index contributed by atoms with van der Waals surface area (Å²) in [5, 5.41) is 0. The van der Waals surface area contributed by atoms with E-state index < -0.39 is 11.9 Å². The highest BCUT2D eigenvalue weighted by molar-refractivity contribution is 5.89. The van der Waals surface area contributed by atoms with Crippen molar-refractivity contribution in [3.05, 3.63) is 72.3 Å². The molecule has 2 aromatic carbocycles. The van der Waals surface area contributed by atoms with Crippen molar-refractivity contribution in [1.82, 2.24) is 0 Å². The monoisotopic (exact) mass is 434 g/mol. The number of esters is 2. The molecule has 170 valence electrons. The van der Waals surface area contributed by atoms with E-state index in [-0.39, 0.29) is 0 Å². The standard InChI is InChI=1S/C28H34O4/c1-6-7-8-9-10-11-12-24-19-23(15-18-26(24)32-28(30)21(4)5)22-13-16-25(17-14-22)31-27(29)20(2)3/h13-19H,2,4,6-12H2,1,3,5H3. The molecular weight excluding hydrogens is 400 g/mol. The van der Waals surface area contributed by atoms with Gasteiger partial charge in [-0.3, -0.25) is 0 Å². The van der Waals surface area contributed by atoms with Crippen molar-refractivity contribution < 1.29 is 19.1 Å². The minimum atomic E-state index is -0.442. The highest BCUT2D eigenvalue weighted by atomic mass is 16.5. The lowest BCUT2D eigenvalue weighted by Crippen LogP contribution is -2.10. The van der Waals surface area contributed by atoms with E-state index in [2.05, 4.69) is 26.1 Å². The fraction of sp³-hybridized carbons (Fsp3) is 0.357. The number of unbranched alkanes of at least 4 members (excludes halogenated alkanes) is 5. The molecule has 0 spiro atoms. The predicted octanol–water partition coefficient (Wildman–Crippen LogP) is 7.22. The van der Waals surface area contributed by atoms with E-state index in [9.17, 15) is 9.59 Å². The summed E-state index contributed by atoms with van der Waals surface area (Å²) in [6, 6.07) is 13.2. The molecule has 0 saturated carbocycles. The fourth-order valence-corrected chi connectivity index (χ4v) is 3.25. The molecule has 0 unspecified atom stereocenters. The van der Waals surface area contributed by atoms with Crippen LogP contribution in [0.15, 0.2) is 66.8 Å². The van der Waals surface area contributed by atoms with Gasteiger partial charge in [-0.25, -0.2) is 9.59 Å². The Labute approximate surface area is 191 Å². The number of hydrogen-bond acceptors (Lipinski definition) is 4. The number of carbonyl (C=O) groups excluding carboxylic acids is 2. The zero-order valence-electron chi connectivity index (χ0n) is 19.5. The maximum Gasteiger partial charge on any atom is 0.338 e. The zero-order chi connectivity index (χ0) is 23.5. The third-order valence-electron chi connectivity index (χ3n) is 5.16. The van der Waals surface area contributed by atoms with Gasteiger partial charge in [0.1, 0.15) is 11.5 Å². The Bertz CT molecular complexity index is 954. The second-order valence-corrected chi connectivity index (χ2v) is 8.20. The SMILES string of the molecule is C=C(C)C(=O)Oc1ccc(-c2ccc(OC(=O)C(=C)C)c(CCCCCCCC)c2)cc1. The van der Waals surface area contributed by atoms with E-state index >= 15 is 0 Å². The van der Waals surface area contributed by atoms with Crippen LogP contribution in [0.5, 0.6) is 11.5 Å². The second kappa shape index (κ2) is 12.7. The van der Waals surface area contributed by atoms with E-state index in [0.717, 1.165) is 36.0 Å². The molecule has 0 amide bonds. The summed E-state index contributed by atoms with van der Waals surface area (Å²) >= 11 is 0. The molecule has 4 heteroatoms. The Hall–Kier alpha value is -3.14. The first-order chi connectivity index (χ1) is 15.3. The Kier molecular flexibility index (Phi) is 9.93. The molecule has 4 nitrogen and oxygen atoms in total. The Morgan fingerprint density at radius 2 is 1.31 bits per heavy atom. The van der Waals surface area contributed by atoms with Crippen LogP contribution < -0.4 is 9.47 Å². The summed E-state index contributed by atoms with van der Waals surface area (Å²) in [7, 11) is 0. The van der Waals surface area contributed by atoms with Crippen molar-refractivity contribution in [2.45, 2.75) is 65.7 Å². The number of benzene rings is 2. The number of rotatable bonds is 12. The summed E-state index contributed by atoms with van der Waals surface area (Å²) in [5.41, 5.74) is 3.74. The third-order valence-corrected chi connectivity index (χ3v) is 5.16. The van der Waals surface area contributed by atoms with Gasteiger partial charge in [0.2, 0.25) is 0 Å². The van der Waals surface area contributed by atoms with Crippen molar-refractivity contribution in [3.63, 3.8) is 0 Å². The first-order valence-electron chi connectivity index (χ1n) is 11.3. The van der Waals surface area contributed by atoms with E-state index in [1.165, 1.54) is 25.7 Å². The predicted molar refractivity (Wildman–Crippen MR) is 130 cm³/mol.